The van der Waals surface area contributed by atoms with E-state index in [1.54, 1.807) is 32.0 Å². The number of benzene rings is 1. The number of carbonyl (C=O) groups is 1. The van der Waals surface area contributed by atoms with Crippen molar-refractivity contribution in [3.8, 4) is 5.75 Å². The van der Waals surface area contributed by atoms with Crippen molar-refractivity contribution in [3.63, 3.8) is 0 Å². The molecule has 1 aromatic heterocycles. The number of halogens is 3. The Morgan fingerprint density at radius 2 is 1.95 bits per heavy atom. The molecule has 1 aliphatic carbocycles. The van der Waals surface area contributed by atoms with E-state index in [0.717, 1.165) is 0 Å². The van der Waals surface area contributed by atoms with Crippen LogP contribution in [0.5, 0.6) is 5.75 Å². The Hall–Kier alpha value is -2.09. The molecule has 2 fully saturated rings. The Labute approximate surface area is 227 Å². The molecule has 0 amide bonds. The Morgan fingerprint density at radius 1 is 1.26 bits per heavy atom. The number of aromatic amines is 1. The Morgan fingerprint density at radius 3 is 2.55 bits per heavy atom. The van der Waals surface area contributed by atoms with Crippen molar-refractivity contribution in [1.29, 1.82) is 0 Å². The number of carbonyl (C=O) groups excluding carboxylic acids is 1. The molecule has 2 N–H and O–H groups in total. The Balaban J connectivity index is 1.57. The highest BCUT2D eigenvalue weighted by Crippen LogP contribution is 2.67. The van der Waals surface area contributed by atoms with Gasteiger partial charge in [-0.05, 0) is 57.6 Å². The number of ether oxygens (including phenoxy) is 2. The van der Waals surface area contributed by atoms with E-state index in [1.807, 2.05) is 0 Å². The first kappa shape index (κ1) is 28.9. The van der Waals surface area contributed by atoms with E-state index < -0.39 is 62.3 Å². The van der Waals surface area contributed by atoms with Gasteiger partial charge in [-0.25, -0.2) is 4.57 Å². The minimum atomic E-state index is -4.60. The van der Waals surface area contributed by atoms with Crippen LogP contribution in [0, 0.1) is 21.2 Å². The number of rotatable bonds is 10. The molecule has 0 spiro atoms. The highest BCUT2D eigenvalue weighted by atomic mass is 32.1. The minimum absolute atomic E-state index is 0.0219. The summed E-state index contributed by atoms with van der Waals surface area (Å²) in [4.78, 5) is 15.0. The number of fused-ring (bicyclic) bond motifs is 1. The maximum atomic E-state index is 14.1. The van der Waals surface area contributed by atoms with Crippen LogP contribution in [0.25, 0.3) is 0 Å². The van der Waals surface area contributed by atoms with Crippen molar-refractivity contribution in [2.45, 2.75) is 57.3 Å². The summed E-state index contributed by atoms with van der Waals surface area (Å²) in [7, 11) is -4.29. The summed E-state index contributed by atoms with van der Waals surface area (Å²) in [5.41, 5.74) is -1.38. The molecule has 6 unspecified atom stereocenters. The summed E-state index contributed by atoms with van der Waals surface area (Å²) < 4.78 is 79.9. The van der Waals surface area contributed by atoms with E-state index in [-0.39, 0.29) is 21.6 Å². The number of hydrogen-bond donors (Lipinski definition) is 2. The molecule has 1 aliphatic heterocycles. The molecule has 1 aromatic carbocycles. The standard InChI is InChI=1S/C23H27F3N3O6PS2/c1-13(2)33-20(30)14(3)28-36(31,35-15-7-5-4-6-8-15)32-12-22-11-16(22)18(23(24,25)26)19(34-22)29-10-9-17(37)27-21(29)38/h4-10,13-14,16,18-19H,11-12H2,1-3H3,(H,28,31)(H,27,37,38). The van der Waals surface area contributed by atoms with Crippen molar-refractivity contribution in [2.75, 3.05) is 6.61 Å². The molecule has 15 heteroatoms. The zero-order valence-corrected chi connectivity index (χ0v) is 23.2. The van der Waals surface area contributed by atoms with E-state index in [0.29, 0.717) is 0 Å². The number of nitrogens with one attached hydrogen (secondary N) is 2. The van der Waals surface area contributed by atoms with Gasteiger partial charge in [0, 0.05) is 12.1 Å². The molecule has 2 aromatic rings. The first-order chi connectivity index (χ1) is 17.7. The van der Waals surface area contributed by atoms with Gasteiger partial charge >= 0.3 is 19.9 Å². The van der Waals surface area contributed by atoms with Gasteiger partial charge in [-0.3, -0.25) is 13.9 Å². The smallest absolute Gasteiger partial charge is 0.459 e. The van der Waals surface area contributed by atoms with Crippen LogP contribution >= 0.6 is 32.2 Å². The monoisotopic (exact) mass is 593 g/mol. The molecule has 1 saturated carbocycles. The minimum Gasteiger partial charge on any atom is -0.462 e. The van der Waals surface area contributed by atoms with Gasteiger partial charge in [0.15, 0.2) is 4.77 Å². The van der Waals surface area contributed by atoms with Crippen LogP contribution in [0.1, 0.15) is 33.4 Å². The van der Waals surface area contributed by atoms with Gasteiger partial charge in [-0.2, -0.15) is 18.3 Å². The summed E-state index contributed by atoms with van der Waals surface area (Å²) in [6, 6.07) is 8.35. The van der Waals surface area contributed by atoms with E-state index in [1.165, 1.54) is 35.9 Å². The predicted molar refractivity (Wildman–Crippen MR) is 135 cm³/mol. The van der Waals surface area contributed by atoms with Crippen molar-refractivity contribution in [2.24, 2.45) is 11.8 Å². The number of hydrogen-bond acceptors (Lipinski definition) is 8. The van der Waals surface area contributed by atoms with Crippen molar-refractivity contribution >= 4 is 38.2 Å². The Bertz CT molecular complexity index is 1340. The number of alkyl halides is 3. The van der Waals surface area contributed by atoms with E-state index in [4.69, 9.17) is 43.0 Å². The zero-order chi connectivity index (χ0) is 27.9. The number of nitrogens with zero attached hydrogens (tertiary/aromatic N) is 1. The SMILES string of the molecule is CC(C)OC(=O)C(C)NP(=O)(OCC12CC1C(C(F)(F)F)C(n1ccc(=S)[nH]c1=S)O2)Oc1ccccc1. The van der Waals surface area contributed by atoms with Gasteiger partial charge < -0.3 is 19.0 Å². The Kier molecular flexibility index (Phi) is 8.23. The van der Waals surface area contributed by atoms with Gasteiger partial charge in [0.25, 0.3) is 0 Å². The topological polar surface area (TPSA) is 104 Å². The second-order valence-electron chi connectivity index (χ2n) is 9.48. The van der Waals surface area contributed by atoms with E-state index >= 15 is 0 Å². The summed E-state index contributed by atoms with van der Waals surface area (Å²) >= 11 is 10.2. The van der Waals surface area contributed by atoms with Crippen LogP contribution < -0.4 is 9.61 Å². The van der Waals surface area contributed by atoms with Crippen LogP contribution in [0.15, 0.2) is 42.6 Å². The molecule has 1 saturated heterocycles. The lowest BCUT2D eigenvalue weighted by Gasteiger charge is -2.28. The van der Waals surface area contributed by atoms with Crippen molar-refractivity contribution in [3.05, 3.63) is 52.0 Å². The van der Waals surface area contributed by atoms with Crippen LogP contribution in [0.3, 0.4) is 0 Å². The average Bonchev–Trinajstić information content (AvgIpc) is 3.40. The third-order valence-electron chi connectivity index (χ3n) is 6.19. The van der Waals surface area contributed by atoms with Crippen LogP contribution in [-0.4, -0.2) is 46.1 Å². The molecule has 2 aliphatic rings. The maximum Gasteiger partial charge on any atom is 0.459 e. The maximum absolute atomic E-state index is 14.1. The van der Waals surface area contributed by atoms with Crippen LogP contribution in [0.4, 0.5) is 13.2 Å². The summed E-state index contributed by atoms with van der Waals surface area (Å²) in [6.07, 6.45) is -5.13. The van der Waals surface area contributed by atoms with Gasteiger partial charge in [0.05, 0.1) is 18.3 Å². The normalized spacial score (nSPS) is 26.9. The summed E-state index contributed by atoms with van der Waals surface area (Å²) in [5.74, 6) is -3.38. The van der Waals surface area contributed by atoms with Crippen LogP contribution in [0.2, 0.25) is 0 Å². The molecule has 208 valence electrons. The number of aromatic nitrogens is 2. The first-order valence-electron chi connectivity index (χ1n) is 11.8. The molecule has 4 rings (SSSR count). The highest BCUT2D eigenvalue weighted by Gasteiger charge is 2.74. The largest absolute Gasteiger partial charge is 0.462 e. The van der Waals surface area contributed by atoms with Gasteiger partial charge in [-0.15, -0.1) is 0 Å². The van der Waals surface area contributed by atoms with E-state index in [9.17, 15) is 22.5 Å². The third kappa shape index (κ3) is 6.37. The zero-order valence-electron chi connectivity index (χ0n) is 20.6. The fourth-order valence-electron chi connectivity index (χ4n) is 4.39. The summed E-state index contributed by atoms with van der Waals surface area (Å²) in [5, 5.41) is 2.53. The highest BCUT2D eigenvalue weighted by molar-refractivity contribution is 7.72. The third-order valence-corrected chi connectivity index (χ3v) is 8.36. The second-order valence-corrected chi connectivity index (χ2v) is 12.0. The molecular weight excluding hydrogens is 566 g/mol. The molecule has 2 heterocycles. The molecule has 38 heavy (non-hydrogen) atoms. The predicted octanol–water partition coefficient (Wildman–Crippen LogP) is 5.87. The fourth-order valence-corrected chi connectivity index (χ4v) is 6.44. The van der Waals surface area contributed by atoms with Crippen LogP contribution in [-0.2, 0) is 23.4 Å². The first-order valence-corrected chi connectivity index (χ1v) is 14.1. The number of H-pyrrole nitrogens is 1. The van der Waals surface area contributed by atoms with Crippen molar-refractivity contribution < 1.29 is 41.1 Å². The summed E-state index contributed by atoms with van der Waals surface area (Å²) in [6.45, 7) is 4.24. The molecule has 6 atom stereocenters. The van der Waals surface area contributed by atoms with Crippen molar-refractivity contribution in [1.82, 2.24) is 14.6 Å². The molecule has 9 nitrogen and oxygen atoms in total. The quantitative estimate of drug-likeness (QED) is 0.199. The molecule has 0 bridgehead atoms. The number of para-hydroxylation sites is 1. The lowest BCUT2D eigenvalue weighted by atomic mass is 10.0. The van der Waals surface area contributed by atoms with Gasteiger partial charge in [-0.1, -0.05) is 30.4 Å². The molecular formula is C23H27F3N3O6PS2. The average molecular weight is 594 g/mol. The molecule has 0 radical (unpaired) electrons. The fraction of sp³-hybridized carbons (Fsp3) is 0.522. The second kappa shape index (κ2) is 10.8. The van der Waals surface area contributed by atoms with Gasteiger partial charge in [0.2, 0.25) is 0 Å². The van der Waals surface area contributed by atoms with Gasteiger partial charge in [0.1, 0.15) is 28.6 Å². The lowest BCUT2D eigenvalue weighted by Crippen LogP contribution is -2.37. The number of esters is 1. The van der Waals surface area contributed by atoms with E-state index in [2.05, 4.69) is 10.1 Å². The lowest BCUT2D eigenvalue weighted by molar-refractivity contribution is -0.212.